The minimum Gasteiger partial charge on any atom is -0.481 e. The average Bonchev–Trinajstić information content (AvgIpc) is 1.94. The van der Waals surface area contributed by atoms with Crippen molar-refractivity contribution in [1.29, 1.82) is 0 Å². The topological polar surface area (TPSA) is 77.8 Å². The highest BCUT2D eigenvalue weighted by atomic mass is 16.5. The second kappa shape index (κ2) is 2.71. The van der Waals surface area contributed by atoms with E-state index < -0.39 is 17.8 Å². The quantitative estimate of drug-likeness (QED) is 0.502. The Kier molecular flexibility index (Phi) is 1.91. The second-order valence-electron chi connectivity index (χ2n) is 2.22. The van der Waals surface area contributed by atoms with Gasteiger partial charge in [0, 0.05) is 6.08 Å². The number of hydrogen-bond donors (Lipinski definition) is 2. The van der Waals surface area contributed by atoms with Gasteiger partial charge in [-0.3, -0.25) is 14.8 Å². The van der Waals surface area contributed by atoms with Crippen LogP contribution in [0.3, 0.4) is 0 Å². The monoisotopic (exact) mass is 157 g/mol. The first kappa shape index (κ1) is 7.74. The van der Waals surface area contributed by atoms with Crippen LogP contribution in [0.25, 0.3) is 0 Å². The van der Waals surface area contributed by atoms with Gasteiger partial charge in [-0.2, -0.15) is 0 Å². The fourth-order valence-corrected chi connectivity index (χ4v) is 0.782. The summed E-state index contributed by atoms with van der Waals surface area (Å²) < 4.78 is 0. The molecule has 1 amide bonds. The largest absolute Gasteiger partial charge is 0.481 e. The Morgan fingerprint density at radius 2 is 2.36 bits per heavy atom. The molecule has 1 heterocycles. The molecule has 60 valence electrons. The van der Waals surface area contributed by atoms with Gasteiger partial charge in [-0.1, -0.05) is 6.08 Å². The number of aliphatic carboxylic acids is 1. The van der Waals surface area contributed by atoms with Crippen molar-refractivity contribution in [3.05, 3.63) is 12.2 Å². The highest BCUT2D eigenvalue weighted by Gasteiger charge is 2.24. The zero-order chi connectivity index (χ0) is 8.43. The molecule has 11 heavy (non-hydrogen) atoms. The van der Waals surface area contributed by atoms with Crippen molar-refractivity contribution < 1.29 is 19.9 Å². The lowest BCUT2D eigenvalue weighted by Crippen LogP contribution is -2.36. The van der Waals surface area contributed by atoms with Crippen LogP contribution in [0.4, 0.5) is 0 Å². The minimum atomic E-state index is -1.05. The molecule has 1 aliphatic rings. The zero-order valence-electron chi connectivity index (χ0n) is 5.60. The van der Waals surface area contributed by atoms with E-state index in [1.54, 1.807) is 0 Å². The van der Waals surface area contributed by atoms with Crippen LogP contribution in [0.15, 0.2) is 12.2 Å². The Morgan fingerprint density at radius 3 is 2.82 bits per heavy atom. The maximum atomic E-state index is 10.6. The van der Waals surface area contributed by atoms with E-state index in [9.17, 15) is 9.59 Å². The first-order valence-electron chi connectivity index (χ1n) is 3.02. The molecule has 0 saturated heterocycles. The molecule has 2 N–H and O–H groups in total. The second-order valence-corrected chi connectivity index (χ2v) is 2.22. The van der Waals surface area contributed by atoms with Gasteiger partial charge in [0.05, 0.1) is 12.5 Å². The number of rotatable bonds is 1. The molecule has 0 aromatic carbocycles. The van der Waals surface area contributed by atoms with E-state index in [0.717, 1.165) is 6.08 Å². The molecular weight excluding hydrogens is 150 g/mol. The van der Waals surface area contributed by atoms with Crippen molar-refractivity contribution in [3.8, 4) is 0 Å². The van der Waals surface area contributed by atoms with Crippen LogP contribution in [0.1, 0.15) is 0 Å². The number of hydroxylamine groups is 2. The summed E-state index contributed by atoms with van der Waals surface area (Å²) in [6, 6.07) is 0. The minimum absolute atomic E-state index is 0.176. The van der Waals surface area contributed by atoms with E-state index in [-0.39, 0.29) is 6.54 Å². The number of amides is 1. The van der Waals surface area contributed by atoms with Crippen LogP contribution in [0, 0.1) is 5.92 Å². The smallest absolute Gasteiger partial charge is 0.312 e. The summed E-state index contributed by atoms with van der Waals surface area (Å²) >= 11 is 0. The number of carboxylic acid groups (broad SMARTS) is 1. The molecule has 0 radical (unpaired) electrons. The summed E-state index contributed by atoms with van der Waals surface area (Å²) in [5, 5.41) is 17.6. The van der Waals surface area contributed by atoms with E-state index in [1.807, 2.05) is 0 Å². The molecule has 0 saturated carbocycles. The van der Waals surface area contributed by atoms with Gasteiger partial charge in [0.2, 0.25) is 0 Å². The first-order chi connectivity index (χ1) is 5.11. The Morgan fingerprint density at radius 1 is 1.73 bits per heavy atom. The molecule has 0 aliphatic carbocycles. The Hall–Kier alpha value is -1.36. The third-order valence-corrected chi connectivity index (χ3v) is 1.41. The summed E-state index contributed by atoms with van der Waals surface area (Å²) in [5.41, 5.74) is 0. The lowest BCUT2D eigenvalue weighted by atomic mass is 10.1. The molecule has 1 aliphatic heterocycles. The SMILES string of the molecule is O=C(O)C1C=CC(=O)N(O)C1. The van der Waals surface area contributed by atoms with E-state index in [2.05, 4.69) is 0 Å². The molecule has 1 atom stereocenters. The summed E-state index contributed by atoms with van der Waals surface area (Å²) in [4.78, 5) is 20.9. The third kappa shape index (κ3) is 1.56. The van der Waals surface area contributed by atoms with Crippen LogP contribution in [-0.2, 0) is 9.59 Å². The molecule has 0 spiro atoms. The molecule has 0 bridgehead atoms. The third-order valence-electron chi connectivity index (χ3n) is 1.41. The standard InChI is InChI=1S/C6H7NO4/c8-5-2-1-4(6(9)10)3-7(5)11/h1-2,4,11H,3H2,(H,9,10). The summed E-state index contributed by atoms with van der Waals surface area (Å²) in [5.74, 6) is -2.42. The van der Waals surface area contributed by atoms with Crippen molar-refractivity contribution in [1.82, 2.24) is 5.06 Å². The molecule has 0 aromatic rings. The van der Waals surface area contributed by atoms with Crippen molar-refractivity contribution >= 4 is 11.9 Å². The normalized spacial score (nSPS) is 23.9. The average molecular weight is 157 g/mol. The summed E-state index contributed by atoms with van der Waals surface area (Å²) in [6.45, 7) is -0.176. The molecule has 0 fully saturated rings. The van der Waals surface area contributed by atoms with E-state index in [1.165, 1.54) is 6.08 Å². The maximum Gasteiger partial charge on any atom is 0.312 e. The Bertz CT molecular complexity index is 223. The number of carboxylic acids is 1. The van der Waals surface area contributed by atoms with Gasteiger partial charge in [0.15, 0.2) is 0 Å². The lowest BCUT2D eigenvalue weighted by Gasteiger charge is -2.19. The van der Waals surface area contributed by atoms with Gasteiger partial charge >= 0.3 is 5.97 Å². The first-order valence-corrected chi connectivity index (χ1v) is 3.02. The fraction of sp³-hybridized carbons (Fsp3) is 0.333. The molecule has 5 nitrogen and oxygen atoms in total. The predicted molar refractivity (Wildman–Crippen MR) is 33.8 cm³/mol. The molecule has 0 aromatic heterocycles. The van der Waals surface area contributed by atoms with Crippen LogP contribution in [-0.4, -0.2) is 33.8 Å². The van der Waals surface area contributed by atoms with Gasteiger partial charge < -0.3 is 5.11 Å². The maximum absolute atomic E-state index is 10.6. The number of carbonyl (C=O) groups excluding carboxylic acids is 1. The molecule has 1 rings (SSSR count). The van der Waals surface area contributed by atoms with Crippen molar-refractivity contribution in [3.63, 3.8) is 0 Å². The summed E-state index contributed by atoms with van der Waals surface area (Å²) in [6.07, 6.45) is 2.31. The Balaban J connectivity index is 2.71. The summed E-state index contributed by atoms with van der Waals surface area (Å²) in [7, 11) is 0. The van der Waals surface area contributed by atoms with Crippen LogP contribution in [0.2, 0.25) is 0 Å². The zero-order valence-corrected chi connectivity index (χ0v) is 5.60. The predicted octanol–water partition coefficient (Wildman–Crippen LogP) is -0.525. The van der Waals surface area contributed by atoms with Gasteiger partial charge in [-0.15, -0.1) is 0 Å². The number of carbonyl (C=O) groups is 2. The number of hydrogen-bond acceptors (Lipinski definition) is 3. The van der Waals surface area contributed by atoms with Gasteiger partial charge in [0.25, 0.3) is 5.91 Å². The van der Waals surface area contributed by atoms with Crippen molar-refractivity contribution in [2.45, 2.75) is 0 Å². The van der Waals surface area contributed by atoms with E-state index in [4.69, 9.17) is 10.3 Å². The molecular formula is C6H7NO4. The molecule has 5 heteroatoms. The fourth-order valence-electron chi connectivity index (χ4n) is 0.782. The van der Waals surface area contributed by atoms with Crippen molar-refractivity contribution in [2.24, 2.45) is 5.92 Å². The highest BCUT2D eigenvalue weighted by molar-refractivity contribution is 5.89. The van der Waals surface area contributed by atoms with Crippen molar-refractivity contribution in [2.75, 3.05) is 6.54 Å². The lowest BCUT2D eigenvalue weighted by molar-refractivity contribution is -0.166. The van der Waals surface area contributed by atoms with E-state index in [0.29, 0.717) is 5.06 Å². The van der Waals surface area contributed by atoms with E-state index >= 15 is 0 Å². The van der Waals surface area contributed by atoms with Gasteiger partial charge in [-0.05, 0) is 0 Å². The van der Waals surface area contributed by atoms with Crippen LogP contribution in [0.5, 0.6) is 0 Å². The van der Waals surface area contributed by atoms with Crippen LogP contribution >= 0.6 is 0 Å². The molecule has 1 unspecified atom stereocenters. The van der Waals surface area contributed by atoms with Crippen LogP contribution < -0.4 is 0 Å². The highest BCUT2D eigenvalue weighted by Crippen LogP contribution is 2.07. The Labute approximate surface area is 62.5 Å². The number of nitrogens with zero attached hydrogens (tertiary/aromatic N) is 1. The van der Waals surface area contributed by atoms with Gasteiger partial charge in [0.1, 0.15) is 0 Å². The van der Waals surface area contributed by atoms with Gasteiger partial charge in [-0.25, -0.2) is 5.06 Å².